The van der Waals surface area contributed by atoms with E-state index in [1.165, 1.54) is 23.5 Å². The molecule has 0 radical (unpaired) electrons. The van der Waals surface area contributed by atoms with Crippen molar-refractivity contribution < 1.29 is 13.2 Å². The van der Waals surface area contributed by atoms with E-state index in [2.05, 4.69) is 5.32 Å². The van der Waals surface area contributed by atoms with Gasteiger partial charge in [-0.3, -0.25) is 9.10 Å². The molecule has 3 aromatic rings. The molecule has 5 nitrogen and oxygen atoms in total. The van der Waals surface area contributed by atoms with E-state index in [9.17, 15) is 13.2 Å². The molecule has 1 unspecified atom stereocenters. The molecule has 0 spiro atoms. The SMILES string of the molecule is CCC(NC(=O)c1cccc(S(=O)(=O)N(C)c2ccccc2C)c1)c1ccccc1C. The first-order valence-electron chi connectivity index (χ1n) is 10.3. The molecular formula is C25H28N2O3S. The van der Waals surface area contributed by atoms with E-state index >= 15 is 0 Å². The predicted molar refractivity (Wildman–Crippen MR) is 125 cm³/mol. The number of carbonyl (C=O) groups is 1. The third kappa shape index (κ3) is 4.80. The van der Waals surface area contributed by atoms with Gasteiger partial charge in [-0.15, -0.1) is 0 Å². The number of amides is 1. The molecule has 1 amide bonds. The molecule has 0 aliphatic rings. The van der Waals surface area contributed by atoms with Crippen LogP contribution in [-0.2, 0) is 10.0 Å². The van der Waals surface area contributed by atoms with Gasteiger partial charge in [-0.25, -0.2) is 8.42 Å². The maximum absolute atomic E-state index is 13.2. The second kappa shape index (κ2) is 9.35. The first-order chi connectivity index (χ1) is 14.8. The third-order valence-electron chi connectivity index (χ3n) is 5.49. The van der Waals surface area contributed by atoms with Crippen molar-refractivity contribution in [2.24, 2.45) is 0 Å². The van der Waals surface area contributed by atoms with Crippen LogP contribution in [-0.4, -0.2) is 21.4 Å². The van der Waals surface area contributed by atoms with Crippen LogP contribution in [0.3, 0.4) is 0 Å². The summed E-state index contributed by atoms with van der Waals surface area (Å²) in [5.41, 5.74) is 3.92. The molecule has 6 heteroatoms. The van der Waals surface area contributed by atoms with Crippen molar-refractivity contribution in [1.82, 2.24) is 5.32 Å². The van der Waals surface area contributed by atoms with Gasteiger partial charge in [0.05, 0.1) is 16.6 Å². The summed E-state index contributed by atoms with van der Waals surface area (Å²) in [6.07, 6.45) is 0.727. The molecule has 1 atom stereocenters. The predicted octanol–water partition coefficient (Wildman–Crippen LogP) is 5.01. The number of rotatable bonds is 7. The Balaban J connectivity index is 1.88. The smallest absolute Gasteiger partial charge is 0.264 e. The summed E-state index contributed by atoms with van der Waals surface area (Å²) in [5.74, 6) is -0.300. The molecule has 0 saturated carbocycles. The number of benzene rings is 3. The molecule has 3 rings (SSSR count). The van der Waals surface area contributed by atoms with Gasteiger partial charge in [0.25, 0.3) is 15.9 Å². The number of hydrogen-bond acceptors (Lipinski definition) is 3. The lowest BCUT2D eigenvalue weighted by Gasteiger charge is -2.22. The summed E-state index contributed by atoms with van der Waals surface area (Å²) in [7, 11) is -2.29. The molecule has 0 bridgehead atoms. The summed E-state index contributed by atoms with van der Waals surface area (Å²) in [6.45, 7) is 5.88. The Labute approximate surface area is 184 Å². The van der Waals surface area contributed by atoms with Crippen LogP contribution in [0.2, 0.25) is 0 Å². The third-order valence-corrected chi connectivity index (χ3v) is 7.25. The lowest BCUT2D eigenvalue weighted by atomic mass is 9.99. The van der Waals surface area contributed by atoms with E-state index in [0.717, 1.165) is 23.1 Å². The van der Waals surface area contributed by atoms with E-state index in [0.29, 0.717) is 11.3 Å². The average Bonchev–Trinajstić information content (AvgIpc) is 2.78. The average molecular weight is 437 g/mol. The first kappa shape index (κ1) is 22.6. The van der Waals surface area contributed by atoms with Crippen molar-refractivity contribution in [3.05, 3.63) is 95.1 Å². The molecule has 31 heavy (non-hydrogen) atoms. The highest BCUT2D eigenvalue weighted by Gasteiger charge is 2.24. The fraction of sp³-hybridized carbons (Fsp3) is 0.240. The van der Waals surface area contributed by atoms with Gasteiger partial charge >= 0.3 is 0 Å². The Kier molecular flexibility index (Phi) is 6.81. The topological polar surface area (TPSA) is 66.5 Å². The molecule has 0 aliphatic carbocycles. The number of para-hydroxylation sites is 1. The molecule has 3 aromatic carbocycles. The molecule has 162 valence electrons. The molecule has 0 fully saturated rings. The van der Waals surface area contributed by atoms with Crippen LogP contribution in [0.5, 0.6) is 0 Å². The van der Waals surface area contributed by atoms with Crippen molar-refractivity contribution in [3.63, 3.8) is 0 Å². The summed E-state index contributed by atoms with van der Waals surface area (Å²) in [5, 5.41) is 3.04. The van der Waals surface area contributed by atoms with Crippen LogP contribution >= 0.6 is 0 Å². The Morgan fingerprint density at radius 2 is 1.58 bits per heavy atom. The van der Waals surface area contributed by atoms with Crippen LogP contribution < -0.4 is 9.62 Å². The standard InChI is InChI=1S/C25H28N2O3S/c1-5-23(22-15-8-6-11-18(22)2)26-25(28)20-13-10-14-21(17-20)31(29,30)27(4)24-16-9-7-12-19(24)3/h6-17,23H,5H2,1-4H3,(H,26,28). The maximum atomic E-state index is 13.2. The van der Waals surface area contributed by atoms with E-state index in [1.807, 2.05) is 57.2 Å². The number of hydrogen-bond donors (Lipinski definition) is 1. The van der Waals surface area contributed by atoms with E-state index in [-0.39, 0.29) is 16.8 Å². The fourth-order valence-corrected chi connectivity index (χ4v) is 4.93. The van der Waals surface area contributed by atoms with Gasteiger partial charge in [-0.05, 0) is 61.2 Å². The minimum Gasteiger partial charge on any atom is -0.345 e. The Morgan fingerprint density at radius 3 is 2.23 bits per heavy atom. The maximum Gasteiger partial charge on any atom is 0.264 e. The summed E-state index contributed by atoms with van der Waals surface area (Å²) in [4.78, 5) is 13.0. The normalized spacial score (nSPS) is 12.3. The van der Waals surface area contributed by atoms with Gasteiger partial charge in [-0.2, -0.15) is 0 Å². The van der Waals surface area contributed by atoms with Gasteiger partial charge in [0.15, 0.2) is 0 Å². The zero-order chi connectivity index (χ0) is 22.6. The highest BCUT2D eigenvalue weighted by molar-refractivity contribution is 7.92. The van der Waals surface area contributed by atoms with Gasteiger partial charge < -0.3 is 5.32 Å². The van der Waals surface area contributed by atoms with Crippen molar-refractivity contribution in [1.29, 1.82) is 0 Å². The monoisotopic (exact) mass is 436 g/mol. The van der Waals surface area contributed by atoms with Crippen molar-refractivity contribution in [3.8, 4) is 0 Å². The lowest BCUT2D eigenvalue weighted by molar-refractivity contribution is 0.0935. The van der Waals surface area contributed by atoms with Gasteiger partial charge in [-0.1, -0.05) is 55.5 Å². The largest absolute Gasteiger partial charge is 0.345 e. The van der Waals surface area contributed by atoms with Crippen LogP contribution in [0.25, 0.3) is 0 Å². The summed E-state index contributed by atoms with van der Waals surface area (Å²) in [6, 6.07) is 21.2. The second-order valence-electron chi connectivity index (χ2n) is 7.58. The molecule has 0 heterocycles. The highest BCUT2D eigenvalue weighted by Crippen LogP contribution is 2.26. The van der Waals surface area contributed by atoms with Gasteiger partial charge in [0.2, 0.25) is 0 Å². The molecule has 0 aromatic heterocycles. The van der Waals surface area contributed by atoms with Gasteiger partial charge in [0, 0.05) is 12.6 Å². The van der Waals surface area contributed by atoms with Crippen LogP contribution in [0.1, 0.15) is 46.4 Å². The van der Waals surface area contributed by atoms with Crippen molar-refractivity contribution >= 4 is 21.6 Å². The summed E-state index contributed by atoms with van der Waals surface area (Å²) < 4.78 is 27.6. The van der Waals surface area contributed by atoms with E-state index in [4.69, 9.17) is 0 Å². The number of aryl methyl sites for hydroxylation is 2. The highest BCUT2D eigenvalue weighted by atomic mass is 32.2. The Hall–Kier alpha value is -3.12. The quantitative estimate of drug-likeness (QED) is 0.566. The molecule has 1 N–H and O–H groups in total. The minimum absolute atomic E-state index is 0.0786. The van der Waals surface area contributed by atoms with Crippen LogP contribution in [0.4, 0.5) is 5.69 Å². The number of nitrogens with zero attached hydrogens (tertiary/aromatic N) is 1. The zero-order valence-corrected chi connectivity index (χ0v) is 19.1. The molecular weight excluding hydrogens is 408 g/mol. The van der Waals surface area contributed by atoms with Crippen molar-refractivity contribution in [2.75, 3.05) is 11.4 Å². The summed E-state index contributed by atoms with van der Waals surface area (Å²) >= 11 is 0. The fourth-order valence-electron chi connectivity index (χ4n) is 3.62. The number of nitrogens with one attached hydrogen (secondary N) is 1. The minimum atomic E-state index is -3.81. The number of sulfonamides is 1. The van der Waals surface area contributed by atoms with E-state index in [1.54, 1.807) is 24.3 Å². The van der Waals surface area contributed by atoms with Gasteiger partial charge in [0.1, 0.15) is 0 Å². The Morgan fingerprint density at radius 1 is 0.935 bits per heavy atom. The number of carbonyl (C=O) groups excluding carboxylic acids is 1. The van der Waals surface area contributed by atoms with Crippen LogP contribution in [0.15, 0.2) is 77.7 Å². The Bertz CT molecular complexity index is 1190. The zero-order valence-electron chi connectivity index (χ0n) is 18.3. The first-order valence-corrected chi connectivity index (χ1v) is 11.7. The van der Waals surface area contributed by atoms with Crippen molar-refractivity contribution in [2.45, 2.75) is 38.1 Å². The molecule has 0 saturated heterocycles. The number of anilines is 1. The second-order valence-corrected chi connectivity index (χ2v) is 9.55. The lowest BCUT2D eigenvalue weighted by Crippen LogP contribution is -2.30. The van der Waals surface area contributed by atoms with E-state index < -0.39 is 10.0 Å². The molecule has 0 aliphatic heterocycles. The van der Waals surface area contributed by atoms with Crippen LogP contribution in [0, 0.1) is 13.8 Å².